The van der Waals surface area contributed by atoms with Crippen molar-refractivity contribution in [3.63, 3.8) is 0 Å². The Morgan fingerprint density at radius 2 is 2.00 bits per heavy atom. The molecule has 0 saturated carbocycles. The van der Waals surface area contributed by atoms with E-state index in [2.05, 4.69) is 12.2 Å². The van der Waals surface area contributed by atoms with E-state index in [1.165, 1.54) is 0 Å². The summed E-state index contributed by atoms with van der Waals surface area (Å²) in [4.78, 5) is 0. The summed E-state index contributed by atoms with van der Waals surface area (Å²) in [7, 11) is -0.149. The summed E-state index contributed by atoms with van der Waals surface area (Å²) in [6, 6.07) is 0. The van der Waals surface area contributed by atoms with Gasteiger partial charge in [0.05, 0.1) is 5.44 Å². The van der Waals surface area contributed by atoms with Crippen LogP contribution < -0.4 is 5.32 Å². The molecule has 1 unspecified atom stereocenters. The van der Waals surface area contributed by atoms with E-state index in [1.807, 2.05) is 0 Å². The highest BCUT2D eigenvalue weighted by Crippen LogP contribution is 2.29. The van der Waals surface area contributed by atoms with Crippen LogP contribution in [-0.4, -0.2) is 35.1 Å². The van der Waals surface area contributed by atoms with Crippen molar-refractivity contribution in [1.29, 1.82) is 0 Å². The van der Waals surface area contributed by atoms with E-state index in [1.54, 1.807) is 0 Å². The van der Waals surface area contributed by atoms with Crippen LogP contribution in [0, 0.1) is 6.92 Å². The molecule has 1 rings (SSSR count). The number of hydrogen-bond donors (Lipinski definition) is 3. The Balaban J connectivity index is 2.23. The van der Waals surface area contributed by atoms with E-state index in [0.29, 0.717) is 0 Å². The molecule has 1 aliphatic rings. The first-order valence-electron chi connectivity index (χ1n) is 3.26. The van der Waals surface area contributed by atoms with Gasteiger partial charge in [-0.1, -0.05) is 0 Å². The molecule has 1 radical (unpaired) electrons. The van der Waals surface area contributed by atoms with E-state index < -0.39 is 0 Å². The first kappa shape index (κ1) is 7.38. The maximum atomic E-state index is 9.07. The number of nitrogens with one attached hydrogen (secondary N) is 1. The highest BCUT2D eigenvalue weighted by atomic mass is 32.2. The second-order valence-corrected chi connectivity index (χ2v) is 4.93. The van der Waals surface area contributed by atoms with Gasteiger partial charge in [0.1, 0.15) is 0 Å². The Hall–Kier alpha value is 0.270. The second kappa shape index (κ2) is 3.44. The normalized spacial score (nSPS) is 28.0. The van der Waals surface area contributed by atoms with Crippen molar-refractivity contribution in [2.24, 2.45) is 0 Å². The topological polar surface area (TPSA) is 32.3 Å². The van der Waals surface area contributed by atoms with Crippen molar-refractivity contribution >= 4 is 10.9 Å². The van der Waals surface area contributed by atoms with Gasteiger partial charge < -0.3 is 10.4 Å². The van der Waals surface area contributed by atoms with E-state index in [0.717, 1.165) is 24.6 Å². The van der Waals surface area contributed by atoms with Gasteiger partial charge in [-0.15, -0.1) is 0 Å². The van der Waals surface area contributed by atoms with Gasteiger partial charge in [-0.3, -0.25) is 0 Å². The van der Waals surface area contributed by atoms with Crippen molar-refractivity contribution in [1.82, 2.24) is 5.32 Å². The van der Waals surface area contributed by atoms with Crippen LogP contribution in [0.15, 0.2) is 0 Å². The minimum absolute atomic E-state index is 0.149. The Labute approximate surface area is 59.0 Å². The van der Waals surface area contributed by atoms with Crippen LogP contribution in [0.4, 0.5) is 0 Å². The van der Waals surface area contributed by atoms with E-state index in [9.17, 15) is 0 Å². The van der Waals surface area contributed by atoms with Crippen LogP contribution in [0.3, 0.4) is 0 Å². The maximum Gasteiger partial charge on any atom is 0.0821 e. The van der Waals surface area contributed by atoms with Crippen molar-refractivity contribution in [2.45, 2.75) is 5.44 Å². The van der Waals surface area contributed by atoms with Crippen LogP contribution in [0.2, 0.25) is 0 Å². The Bertz CT molecular complexity index is 81.1. The monoisotopic (exact) mass is 148 g/mol. The fourth-order valence-corrected chi connectivity index (χ4v) is 2.69. The van der Waals surface area contributed by atoms with E-state index >= 15 is 0 Å². The molecule has 1 heterocycles. The van der Waals surface area contributed by atoms with Crippen molar-refractivity contribution < 1.29 is 5.11 Å². The zero-order valence-electron chi connectivity index (χ0n) is 5.51. The van der Waals surface area contributed by atoms with Crippen molar-refractivity contribution in [2.75, 3.05) is 24.6 Å². The van der Waals surface area contributed by atoms with Gasteiger partial charge in [0, 0.05) is 13.1 Å². The van der Waals surface area contributed by atoms with Gasteiger partial charge in [0.25, 0.3) is 0 Å². The summed E-state index contributed by atoms with van der Waals surface area (Å²) in [5.74, 6) is 2.28. The quantitative estimate of drug-likeness (QED) is 0.448. The lowest BCUT2D eigenvalue weighted by molar-refractivity contribution is 0.304. The van der Waals surface area contributed by atoms with Crippen LogP contribution in [0.5, 0.6) is 0 Å². The van der Waals surface area contributed by atoms with Crippen molar-refractivity contribution in [3.8, 4) is 0 Å². The van der Waals surface area contributed by atoms with Gasteiger partial charge >= 0.3 is 0 Å². The average molecular weight is 148 g/mol. The SMILES string of the molecule is [CH2]C(O)[SH]1CCNCC1. The third kappa shape index (κ3) is 2.16. The largest absolute Gasteiger partial charge is 0.384 e. The highest BCUT2D eigenvalue weighted by Gasteiger charge is 2.12. The van der Waals surface area contributed by atoms with Gasteiger partial charge in [0.2, 0.25) is 0 Å². The molecule has 0 aromatic rings. The summed E-state index contributed by atoms with van der Waals surface area (Å²) in [5, 5.41) is 12.3. The molecule has 3 heteroatoms. The fraction of sp³-hybridized carbons (Fsp3) is 0.833. The molecular weight excluding hydrogens is 134 g/mol. The standard InChI is InChI=1S/C6H14NOS/c1-6(8)9-4-2-7-3-5-9/h6-9H,1-5H2. The number of aliphatic hydroxyl groups excluding tert-OH is 1. The number of hydrogen-bond acceptors (Lipinski definition) is 2. The molecule has 0 aromatic carbocycles. The highest BCUT2D eigenvalue weighted by molar-refractivity contribution is 8.17. The summed E-state index contributed by atoms with van der Waals surface area (Å²) in [6.07, 6.45) is 0. The average Bonchev–Trinajstić information content (AvgIpc) is 1.90. The molecule has 1 fully saturated rings. The molecule has 9 heavy (non-hydrogen) atoms. The van der Waals surface area contributed by atoms with E-state index in [4.69, 9.17) is 5.11 Å². The molecule has 1 saturated heterocycles. The number of aliphatic hydroxyl groups is 1. The molecule has 0 spiro atoms. The Morgan fingerprint density at radius 3 is 2.33 bits per heavy atom. The van der Waals surface area contributed by atoms with Gasteiger partial charge in [-0.05, 0) is 18.4 Å². The zero-order chi connectivity index (χ0) is 6.69. The minimum atomic E-state index is -0.290. The van der Waals surface area contributed by atoms with Crippen LogP contribution in [0.1, 0.15) is 0 Å². The third-order valence-corrected chi connectivity index (χ3v) is 4.01. The molecule has 0 aliphatic carbocycles. The first-order chi connectivity index (χ1) is 4.30. The summed E-state index contributed by atoms with van der Waals surface area (Å²) < 4.78 is 0. The fourth-order valence-electron chi connectivity index (χ4n) is 0.980. The predicted molar refractivity (Wildman–Crippen MR) is 43.0 cm³/mol. The smallest absolute Gasteiger partial charge is 0.0821 e. The molecule has 0 amide bonds. The van der Waals surface area contributed by atoms with Gasteiger partial charge in [0.15, 0.2) is 0 Å². The molecule has 2 N–H and O–H groups in total. The summed E-state index contributed by atoms with van der Waals surface area (Å²) in [5.41, 5.74) is -0.290. The summed E-state index contributed by atoms with van der Waals surface area (Å²) in [6.45, 7) is 5.75. The Kier molecular flexibility index (Phi) is 2.82. The molecule has 0 aromatic heterocycles. The van der Waals surface area contributed by atoms with Gasteiger partial charge in [-0.2, -0.15) is 0 Å². The van der Waals surface area contributed by atoms with Crippen molar-refractivity contribution in [3.05, 3.63) is 6.92 Å². The van der Waals surface area contributed by atoms with E-state index in [-0.39, 0.29) is 16.3 Å². The van der Waals surface area contributed by atoms with Crippen LogP contribution in [-0.2, 0) is 0 Å². The minimum Gasteiger partial charge on any atom is -0.384 e. The number of rotatable bonds is 1. The molecule has 0 bridgehead atoms. The molecule has 1 atom stereocenters. The first-order valence-corrected chi connectivity index (χ1v) is 5.05. The van der Waals surface area contributed by atoms with Crippen LogP contribution in [0.25, 0.3) is 0 Å². The lowest BCUT2D eigenvalue weighted by atomic mass is 10.6. The lowest BCUT2D eigenvalue weighted by Gasteiger charge is -2.28. The third-order valence-electron chi connectivity index (χ3n) is 1.57. The number of thiol groups is 1. The molecule has 55 valence electrons. The van der Waals surface area contributed by atoms with Gasteiger partial charge in [-0.25, -0.2) is 10.9 Å². The lowest BCUT2D eigenvalue weighted by Crippen LogP contribution is -2.31. The second-order valence-electron chi connectivity index (χ2n) is 2.27. The van der Waals surface area contributed by atoms with Crippen LogP contribution >= 0.6 is 10.9 Å². The Morgan fingerprint density at radius 1 is 1.44 bits per heavy atom. The molecule has 1 aliphatic heterocycles. The predicted octanol–water partition coefficient (Wildman–Crippen LogP) is -0.257. The maximum absolute atomic E-state index is 9.07. The molecule has 2 nitrogen and oxygen atoms in total. The molecular formula is C6H14NOS. The zero-order valence-corrected chi connectivity index (χ0v) is 6.40. The summed E-state index contributed by atoms with van der Waals surface area (Å²) >= 11 is 0.